The molecule has 1 aromatic rings. The molecule has 0 aliphatic carbocycles. The lowest BCUT2D eigenvalue weighted by molar-refractivity contribution is 0.382. The van der Waals surface area contributed by atoms with Gasteiger partial charge in [0, 0.05) is 17.8 Å². The van der Waals surface area contributed by atoms with Crippen molar-refractivity contribution in [3.63, 3.8) is 0 Å². The van der Waals surface area contributed by atoms with E-state index in [1.807, 2.05) is 6.07 Å². The van der Waals surface area contributed by atoms with Crippen LogP contribution in [-0.2, 0) is 0 Å². The molecule has 2 N–H and O–H groups in total. The Balaban J connectivity index is 2.75. The molecule has 1 heterocycles. The van der Waals surface area contributed by atoms with E-state index in [0.717, 1.165) is 17.7 Å². The van der Waals surface area contributed by atoms with E-state index < -0.39 is 0 Å². The third kappa shape index (κ3) is 3.20. The van der Waals surface area contributed by atoms with Crippen LogP contribution in [0.3, 0.4) is 0 Å². The Morgan fingerprint density at radius 3 is 2.62 bits per heavy atom. The van der Waals surface area contributed by atoms with E-state index in [4.69, 9.17) is 10.5 Å². The van der Waals surface area contributed by atoms with Crippen molar-refractivity contribution in [1.82, 2.24) is 4.98 Å². The van der Waals surface area contributed by atoms with Crippen molar-refractivity contribution in [2.45, 2.75) is 39.2 Å². The highest BCUT2D eigenvalue weighted by atomic mass is 16.5. The summed E-state index contributed by atoms with van der Waals surface area (Å²) in [5.41, 5.74) is 7.28. The first kappa shape index (κ1) is 13.0. The van der Waals surface area contributed by atoms with Gasteiger partial charge in [0.15, 0.2) is 0 Å². The quantitative estimate of drug-likeness (QED) is 0.805. The predicted molar refractivity (Wildman–Crippen MR) is 66.4 cm³/mol. The molecule has 0 saturated carbocycles. The molecule has 3 heteroatoms. The summed E-state index contributed by atoms with van der Waals surface area (Å²) in [5, 5.41) is 0. The number of pyridine rings is 1. The van der Waals surface area contributed by atoms with Gasteiger partial charge in [0.2, 0.25) is 0 Å². The summed E-state index contributed by atoms with van der Waals surface area (Å²) in [6.45, 7) is 4.43. The second-order valence-electron chi connectivity index (χ2n) is 4.14. The number of nitrogens with two attached hydrogens (primary N) is 1. The number of aromatic nitrogens is 1. The van der Waals surface area contributed by atoms with Gasteiger partial charge in [-0.1, -0.05) is 26.7 Å². The normalized spacial score (nSPS) is 12.8. The van der Waals surface area contributed by atoms with Gasteiger partial charge < -0.3 is 10.5 Å². The summed E-state index contributed by atoms with van der Waals surface area (Å²) < 4.78 is 5.27. The Morgan fingerprint density at radius 2 is 2.06 bits per heavy atom. The molecule has 0 aliphatic heterocycles. The van der Waals surface area contributed by atoms with Gasteiger partial charge in [-0.15, -0.1) is 0 Å². The van der Waals surface area contributed by atoms with E-state index in [-0.39, 0.29) is 6.04 Å². The Morgan fingerprint density at radius 1 is 1.38 bits per heavy atom. The minimum atomic E-state index is 0.0443. The Labute approximate surface area is 98.0 Å². The monoisotopic (exact) mass is 222 g/mol. The van der Waals surface area contributed by atoms with E-state index in [9.17, 15) is 0 Å². The second-order valence-corrected chi connectivity index (χ2v) is 4.14. The molecule has 0 amide bonds. The average Bonchev–Trinajstić information content (AvgIpc) is 2.35. The highest BCUT2D eigenvalue weighted by Gasteiger charge is 2.15. The van der Waals surface area contributed by atoms with Crippen molar-refractivity contribution >= 4 is 0 Å². The minimum absolute atomic E-state index is 0.0443. The molecule has 1 aromatic heterocycles. The fraction of sp³-hybridized carbons (Fsp3) is 0.615. The smallest absolute Gasteiger partial charge is 0.141 e. The SMILES string of the molecule is CCC(CC)CC(N)c1ccncc1OC. The summed E-state index contributed by atoms with van der Waals surface area (Å²) in [4.78, 5) is 4.04. The molecule has 0 bridgehead atoms. The van der Waals surface area contributed by atoms with Gasteiger partial charge in [-0.05, 0) is 18.4 Å². The van der Waals surface area contributed by atoms with Crippen LogP contribution in [0.15, 0.2) is 18.5 Å². The largest absolute Gasteiger partial charge is 0.495 e. The molecule has 16 heavy (non-hydrogen) atoms. The molecule has 1 rings (SSSR count). The van der Waals surface area contributed by atoms with Crippen LogP contribution in [0.2, 0.25) is 0 Å². The first-order valence-corrected chi connectivity index (χ1v) is 5.96. The maximum atomic E-state index is 6.22. The minimum Gasteiger partial charge on any atom is -0.495 e. The van der Waals surface area contributed by atoms with Gasteiger partial charge in [0.05, 0.1) is 13.3 Å². The van der Waals surface area contributed by atoms with Crippen LogP contribution in [-0.4, -0.2) is 12.1 Å². The van der Waals surface area contributed by atoms with Gasteiger partial charge in [-0.25, -0.2) is 0 Å². The van der Waals surface area contributed by atoms with Crippen LogP contribution in [0, 0.1) is 5.92 Å². The Bertz CT molecular complexity index is 311. The van der Waals surface area contributed by atoms with Gasteiger partial charge >= 0.3 is 0 Å². The predicted octanol–water partition coefficient (Wildman–Crippen LogP) is 2.92. The van der Waals surface area contributed by atoms with Crippen molar-refractivity contribution in [2.75, 3.05) is 7.11 Å². The molecular weight excluding hydrogens is 200 g/mol. The fourth-order valence-electron chi connectivity index (χ4n) is 1.98. The van der Waals surface area contributed by atoms with E-state index in [1.165, 1.54) is 12.8 Å². The number of methoxy groups -OCH3 is 1. The zero-order chi connectivity index (χ0) is 12.0. The van der Waals surface area contributed by atoms with Crippen LogP contribution in [0.1, 0.15) is 44.7 Å². The molecule has 90 valence electrons. The van der Waals surface area contributed by atoms with Gasteiger partial charge in [0.1, 0.15) is 5.75 Å². The van der Waals surface area contributed by atoms with E-state index in [0.29, 0.717) is 5.92 Å². The first-order valence-electron chi connectivity index (χ1n) is 5.96. The number of ether oxygens (including phenoxy) is 1. The van der Waals surface area contributed by atoms with Crippen LogP contribution in [0.25, 0.3) is 0 Å². The van der Waals surface area contributed by atoms with Crippen LogP contribution < -0.4 is 10.5 Å². The standard InChI is InChI=1S/C13H22N2O/c1-4-10(5-2)8-12(14)11-6-7-15-9-13(11)16-3/h6-7,9-10,12H,4-5,8,14H2,1-3H3. The van der Waals surface area contributed by atoms with Gasteiger partial charge in [-0.2, -0.15) is 0 Å². The zero-order valence-electron chi connectivity index (χ0n) is 10.4. The highest BCUT2D eigenvalue weighted by Crippen LogP contribution is 2.28. The van der Waals surface area contributed by atoms with Gasteiger partial charge in [0.25, 0.3) is 0 Å². The number of hydrogen-bond donors (Lipinski definition) is 1. The maximum absolute atomic E-state index is 6.22. The van der Waals surface area contributed by atoms with E-state index in [2.05, 4.69) is 18.8 Å². The molecule has 0 aliphatic rings. The molecule has 0 spiro atoms. The molecule has 1 atom stereocenters. The lowest BCUT2D eigenvalue weighted by Gasteiger charge is -2.20. The number of hydrogen-bond acceptors (Lipinski definition) is 3. The molecule has 0 saturated heterocycles. The second kappa shape index (κ2) is 6.48. The van der Waals surface area contributed by atoms with Crippen molar-refractivity contribution < 1.29 is 4.74 Å². The molecular formula is C13H22N2O. The lowest BCUT2D eigenvalue weighted by atomic mass is 9.92. The number of nitrogens with zero attached hydrogens (tertiary/aromatic N) is 1. The topological polar surface area (TPSA) is 48.1 Å². The van der Waals surface area contributed by atoms with Crippen molar-refractivity contribution in [3.8, 4) is 5.75 Å². The molecule has 3 nitrogen and oxygen atoms in total. The fourth-order valence-corrected chi connectivity index (χ4v) is 1.98. The highest BCUT2D eigenvalue weighted by molar-refractivity contribution is 5.32. The summed E-state index contributed by atoms with van der Waals surface area (Å²) in [6.07, 6.45) is 6.86. The first-order chi connectivity index (χ1) is 7.72. The summed E-state index contributed by atoms with van der Waals surface area (Å²) in [7, 11) is 1.66. The summed E-state index contributed by atoms with van der Waals surface area (Å²) in [6, 6.07) is 1.99. The molecule has 0 aromatic carbocycles. The maximum Gasteiger partial charge on any atom is 0.141 e. The van der Waals surface area contributed by atoms with Gasteiger partial charge in [-0.3, -0.25) is 4.98 Å². The van der Waals surface area contributed by atoms with Crippen molar-refractivity contribution in [2.24, 2.45) is 11.7 Å². The molecule has 1 unspecified atom stereocenters. The summed E-state index contributed by atoms with van der Waals surface area (Å²) in [5.74, 6) is 1.48. The van der Waals surface area contributed by atoms with Crippen molar-refractivity contribution in [1.29, 1.82) is 0 Å². The third-order valence-corrected chi connectivity index (χ3v) is 3.18. The molecule has 0 fully saturated rings. The van der Waals surface area contributed by atoms with E-state index >= 15 is 0 Å². The Hall–Kier alpha value is -1.09. The summed E-state index contributed by atoms with van der Waals surface area (Å²) >= 11 is 0. The van der Waals surface area contributed by atoms with Crippen molar-refractivity contribution in [3.05, 3.63) is 24.0 Å². The number of rotatable bonds is 6. The average molecular weight is 222 g/mol. The Kier molecular flexibility index (Phi) is 5.26. The third-order valence-electron chi connectivity index (χ3n) is 3.18. The van der Waals surface area contributed by atoms with Crippen LogP contribution in [0.4, 0.5) is 0 Å². The van der Waals surface area contributed by atoms with Crippen LogP contribution in [0.5, 0.6) is 5.75 Å². The zero-order valence-corrected chi connectivity index (χ0v) is 10.4. The van der Waals surface area contributed by atoms with E-state index in [1.54, 1.807) is 19.5 Å². The molecule has 0 radical (unpaired) electrons. The van der Waals surface area contributed by atoms with Crippen LogP contribution >= 0.6 is 0 Å². The lowest BCUT2D eigenvalue weighted by Crippen LogP contribution is -2.16.